The summed E-state index contributed by atoms with van der Waals surface area (Å²) in [5, 5.41) is 19.0. The molecular formula is C14H17NO6. The number of aromatic hydroxyl groups is 1. The Bertz CT molecular complexity index is 558. The predicted octanol–water partition coefficient (Wildman–Crippen LogP) is 0.572. The van der Waals surface area contributed by atoms with Crippen molar-refractivity contribution in [3.8, 4) is 11.5 Å². The van der Waals surface area contributed by atoms with Crippen molar-refractivity contribution in [3.05, 3.63) is 23.8 Å². The number of likely N-dealkylation sites (N-methyl/N-ethyl adjacent to an activating group) is 1. The Hall–Kier alpha value is -2.28. The summed E-state index contributed by atoms with van der Waals surface area (Å²) in [6.45, 7) is 0.238. The standard InChI is InChI=1S/C14H17NO6/c1-15(11-7-21-6-10(11)14(18)19)13(17)9-4-3-8(20-2)5-12(9)16/h3-5,10-11,16H,6-7H2,1-2H3,(H,18,19). The Balaban J connectivity index is 2.21. The first-order valence-electron chi connectivity index (χ1n) is 6.40. The Kier molecular flexibility index (Phi) is 4.32. The number of phenols is 1. The van der Waals surface area contributed by atoms with Crippen LogP contribution >= 0.6 is 0 Å². The maximum atomic E-state index is 12.4. The molecule has 1 aliphatic rings. The van der Waals surface area contributed by atoms with Crippen molar-refractivity contribution in [2.24, 2.45) is 5.92 Å². The van der Waals surface area contributed by atoms with Crippen LogP contribution in [0.4, 0.5) is 0 Å². The van der Waals surface area contributed by atoms with Gasteiger partial charge >= 0.3 is 5.97 Å². The molecule has 1 aromatic rings. The van der Waals surface area contributed by atoms with Gasteiger partial charge in [-0.25, -0.2) is 0 Å². The van der Waals surface area contributed by atoms with E-state index in [1.807, 2.05) is 0 Å². The highest BCUT2D eigenvalue weighted by atomic mass is 16.5. The Morgan fingerprint density at radius 1 is 1.38 bits per heavy atom. The van der Waals surface area contributed by atoms with Crippen LogP contribution in [0, 0.1) is 5.92 Å². The van der Waals surface area contributed by atoms with E-state index >= 15 is 0 Å². The number of rotatable bonds is 4. The number of benzene rings is 1. The van der Waals surface area contributed by atoms with Crippen molar-refractivity contribution in [3.63, 3.8) is 0 Å². The van der Waals surface area contributed by atoms with E-state index in [9.17, 15) is 14.7 Å². The lowest BCUT2D eigenvalue weighted by Gasteiger charge is -2.26. The van der Waals surface area contributed by atoms with Crippen molar-refractivity contribution in [2.75, 3.05) is 27.4 Å². The van der Waals surface area contributed by atoms with Gasteiger partial charge in [0.1, 0.15) is 17.4 Å². The van der Waals surface area contributed by atoms with Crippen molar-refractivity contribution < 1.29 is 29.3 Å². The molecule has 2 atom stereocenters. The molecule has 1 saturated heterocycles. The van der Waals surface area contributed by atoms with Gasteiger partial charge in [-0.05, 0) is 12.1 Å². The van der Waals surface area contributed by atoms with Crippen LogP contribution in [-0.2, 0) is 9.53 Å². The van der Waals surface area contributed by atoms with Crippen LogP contribution in [0.3, 0.4) is 0 Å². The summed E-state index contributed by atoms with van der Waals surface area (Å²) in [7, 11) is 2.96. The molecule has 21 heavy (non-hydrogen) atoms. The zero-order valence-electron chi connectivity index (χ0n) is 11.8. The molecule has 2 unspecified atom stereocenters. The molecule has 114 valence electrons. The Labute approximate surface area is 121 Å². The number of nitrogens with zero attached hydrogens (tertiary/aromatic N) is 1. The highest BCUT2D eigenvalue weighted by Crippen LogP contribution is 2.27. The quantitative estimate of drug-likeness (QED) is 0.843. The molecule has 1 fully saturated rings. The SMILES string of the molecule is COc1ccc(C(=O)N(C)C2COCC2C(=O)O)c(O)c1. The van der Waals surface area contributed by atoms with Gasteiger partial charge in [-0.15, -0.1) is 0 Å². The second-order valence-electron chi connectivity index (χ2n) is 4.85. The molecule has 1 heterocycles. The number of phenolic OH excluding ortho intramolecular Hbond substituents is 1. The van der Waals surface area contributed by atoms with Gasteiger partial charge in [0.25, 0.3) is 5.91 Å². The Morgan fingerprint density at radius 2 is 2.10 bits per heavy atom. The molecule has 7 nitrogen and oxygen atoms in total. The summed E-state index contributed by atoms with van der Waals surface area (Å²) in [5.41, 5.74) is 0.0920. The van der Waals surface area contributed by atoms with Gasteiger partial charge in [0.2, 0.25) is 0 Å². The molecule has 0 aromatic heterocycles. The third kappa shape index (κ3) is 2.92. The van der Waals surface area contributed by atoms with Crippen LogP contribution < -0.4 is 4.74 Å². The fraction of sp³-hybridized carbons (Fsp3) is 0.429. The smallest absolute Gasteiger partial charge is 0.311 e. The van der Waals surface area contributed by atoms with Crippen LogP contribution in [0.2, 0.25) is 0 Å². The number of methoxy groups -OCH3 is 1. The van der Waals surface area contributed by atoms with Crippen LogP contribution in [0.5, 0.6) is 11.5 Å². The minimum Gasteiger partial charge on any atom is -0.507 e. The first kappa shape index (κ1) is 15.1. The molecule has 0 spiro atoms. The summed E-state index contributed by atoms with van der Waals surface area (Å²) in [5.74, 6) is -2.01. The molecule has 1 aromatic carbocycles. The summed E-state index contributed by atoms with van der Waals surface area (Å²) in [6, 6.07) is 3.77. The fourth-order valence-corrected chi connectivity index (χ4v) is 2.32. The second kappa shape index (κ2) is 6.01. The first-order valence-corrected chi connectivity index (χ1v) is 6.40. The highest BCUT2D eigenvalue weighted by molar-refractivity contribution is 5.97. The molecular weight excluding hydrogens is 278 g/mol. The lowest BCUT2D eigenvalue weighted by atomic mass is 10.0. The number of carbonyl (C=O) groups is 2. The van der Waals surface area contributed by atoms with Crippen LogP contribution in [0.15, 0.2) is 18.2 Å². The lowest BCUT2D eigenvalue weighted by molar-refractivity contribution is -0.142. The number of carboxylic acids is 1. The van der Waals surface area contributed by atoms with E-state index < -0.39 is 23.8 Å². The van der Waals surface area contributed by atoms with Gasteiger partial charge in [-0.3, -0.25) is 9.59 Å². The van der Waals surface area contributed by atoms with E-state index in [4.69, 9.17) is 14.6 Å². The number of carboxylic acid groups (broad SMARTS) is 1. The number of hydrogen-bond acceptors (Lipinski definition) is 5. The average Bonchev–Trinajstić information content (AvgIpc) is 2.95. The number of hydrogen-bond donors (Lipinski definition) is 2. The minimum absolute atomic E-state index is 0.0756. The average molecular weight is 295 g/mol. The third-order valence-corrected chi connectivity index (χ3v) is 3.62. The molecule has 1 aliphatic heterocycles. The number of amides is 1. The van der Waals surface area contributed by atoms with E-state index in [-0.39, 0.29) is 24.5 Å². The maximum Gasteiger partial charge on any atom is 0.311 e. The van der Waals surface area contributed by atoms with Gasteiger partial charge < -0.3 is 24.6 Å². The van der Waals surface area contributed by atoms with Gasteiger partial charge in [0.05, 0.1) is 31.9 Å². The maximum absolute atomic E-state index is 12.4. The Morgan fingerprint density at radius 3 is 2.67 bits per heavy atom. The summed E-state index contributed by atoms with van der Waals surface area (Å²) in [4.78, 5) is 24.8. The van der Waals surface area contributed by atoms with Gasteiger partial charge in [0, 0.05) is 13.1 Å². The van der Waals surface area contributed by atoms with E-state index in [2.05, 4.69) is 0 Å². The van der Waals surface area contributed by atoms with Gasteiger partial charge in [-0.1, -0.05) is 0 Å². The van der Waals surface area contributed by atoms with Crippen LogP contribution in [0.25, 0.3) is 0 Å². The highest BCUT2D eigenvalue weighted by Gasteiger charge is 2.39. The zero-order valence-corrected chi connectivity index (χ0v) is 11.8. The van der Waals surface area contributed by atoms with Crippen molar-refractivity contribution in [1.82, 2.24) is 4.90 Å². The van der Waals surface area contributed by atoms with Gasteiger partial charge in [-0.2, -0.15) is 0 Å². The molecule has 2 N–H and O–H groups in total. The second-order valence-corrected chi connectivity index (χ2v) is 4.85. The monoisotopic (exact) mass is 295 g/mol. The molecule has 2 rings (SSSR count). The zero-order chi connectivity index (χ0) is 15.6. The van der Waals surface area contributed by atoms with E-state index in [1.54, 1.807) is 6.07 Å². The van der Waals surface area contributed by atoms with Crippen molar-refractivity contribution >= 4 is 11.9 Å². The fourth-order valence-electron chi connectivity index (χ4n) is 2.32. The first-order chi connectivity index (χ1) is 9.95. The lowest BCUT2D eigenvalue weighted by Crippen LogP contribution is -2.44. The van der Waals surface area contributed by atoms with E-state index in [0.29, 0.717) is 5.75 Å². The van der Waals surface area contributed by atoms with E-state index in [0.717, 1.165) is 0 Å². The molecule has 1 amide bonds. The summed E-state index contributed by atoms with van der Waals surface area (Å²) in [6.07, 6.45) is 0. The van der Waals surface area contributed by atoms with Crippen LogP contribution in [0.1, 0.15) is 10.4 Å². The minimum atomic E-state index is -1.00. The summed E-state index contributed by atoms with van der Waals surface area (Å²) < 4.78 is 10.1. The number of ether oxygens (including phenoxy) is 2. The molecule has 0 saturated carbocycles. The largest absolute Gasteiger partial charge is 0.507 e. The van der Waals surface area contributed by atoms with Crippen molar-refractivity contribution in [2.45, 2.75) is 6.04 Å². The summed E-state index contributed by atoms with van der Waals surface area (Å²) >= 11 is 0. The molecule has 0 bridgehead atoms. The number of aliphatic carboxylic acids is 1. The predicted molar refractivity (Wildman–Crippen MR) is 72.5 cm³/mol. The molecule has 0 aliphatic carbocycles. The molecule has 0 radical (unpaired) electrons. The van der Waals surface area contributed by atoms with E-state index in [1.165, 1.54) is 31.2 Å². The molecule has 7 heteroatoms. The third-order valence-electron chi connectivity index (χ3n) is 3.62. The van der Waals surface area contributed by atoms with Gasteiger partial charge in [0.15, 0.2) is 0 Å². The topological polar surface area (TPSA) is 96.3 Å². The van der Waals surface area contributed by atoms with Crippen molar-refractivity contribution in [1.29, 1.82) is 0 Å². The normalized spacial score (nSPS) is 21.0. The van der Waals surface area contributed by atoms with Crippen LogP contribution in [-0.4, -0.2) is 60.4 Å². The number of carbonyl (C=O) groups excluding carboxylic acids is 1.